The molecule has 1 saturated heterocycles. The van der Waals surface area contributed by atoms with Gasteiger partial charge in [-0.3, -0.25) is 4.79 Å². The van der Waals surface area contributed by atoms with Crippen LogP contribution in [0.1, 0.15) is 24.3 Å². The van der Waals surface area contributed by atoms with Gasteiger partial charge in [-0.15, -0.1) is 0 Å². The summed E-state index contributed by atoms with van der Waals surface area (Å²) in [5.74, 6) is -2.27. The minimum absolute atomic E-state index is 0.107. The van der Waals surface area contributed by atoms with Crippen LogP contribution in [-0.4, -0.2) is 30.9 Å². The molecule has 1 N–H and O–H groups in total. The van der Waals surface area contributed by atoms with Crippen LogP contribution in [0.4, 0.5) is 4.39 Å². The average molecular weight is 254 g/mol. The van der Waals surface area contributed by atoms with Crippen LogP contribution < -0.4 is 4.74 Å². The van der Waals surface area contributed by atoms with Gasteiger partial charge in [0, 0.05) is 6.61 Å². The van der Waals surface area contributed by atoms with Crippen LogP contribution in [0, 0.1) is 5.82 Å². The highest BCUT2D eigenvalue weighted by molar-refractivity contribution is 5.77. The van der Waals surface area contributed by atoms with Crippen molar-refractivity contribution < 1.29 is 23.8 Å². The summed E-state index contributed by atoms with van der Waals surface area (Å²) in [5, 5.41) is 9.27. The Morgan fingerprint density at radius 3 is 2.89 bits per heavy atom. The molecule has 2 unspecified atom stereocenters. The van der Waals surface area contributed by atoms with Crippen molar-refractivity contribution in [2.75, 3.05) is 13.7 Å². The minimum atomic E-state index is -0.994. The van der Waals surface area contributed by atoms with E-state index in [1.165, 1.54) is 19.2 Å². The van der Waals surface area contributed by atoms with E-state index in [0.29, 0.717) is 18.6 Å². The number of carboxylic acid groups (broad SMARTS) is 1. The monoisotopic (exact) mass is 254 g/mol. The van der Waals surface area contributed by atoms with Crippen LogP contribution in [0.3, 0.4) is 0 Å². The first-order valence-corrected chi connectivity index (χ1v) is 5.81. The summed E-state index contributed by atoms with van der Waals surface area (Å²) < 4.78 is 23.8. The third kappa shape index (κ3) is 2.46. The predicted octanol–water partition coefficient (Wildman–Crippen LogP) is 2.18. The van der Waals surface area contributed by atoms with Gasteiger partial charge in [-0.2, -0.15) is 0 Å². The highest BCUT2D eigenvalue weighted by Gasteiger charge is 2.33. The number of carbonyl (C=O) groups is 1. The molecule has 0 bridgehead atoms. The second kappa shape index (κ2) is 5.35. The van der Waals surface area contributed by atoms with Crippen molar-refractivity contribution in [1.82, 2.24) is 0 Å². The zero-order valence-electron chi connectivity index (χ0n) is 10.1. The standard InChI is InChI=1S/C13H15FO4/c1-17-10-5-4-8(7-9(10)14)12(13(15)16)11-3-2-6-18-11/h4-5,7,11-12H,2-3,6H2,1H3,(H,15,16). The lowest BCUT2D eigenvalue weighted by atomic mass is 9.91. The molecular weight excluding hydrogens is 239 g/mol. The van der Waals surface area contributed by atoms with E-state index in [-0.39, 0.29) is 11.9 Å². The van der Waals surface area contributed by atoms with Crippen LogP contribution in [0.25, 0.3) is 0 Å². The van der Waals surface area contributed by atoms with Crippen molar-refractivity contribution in [2.45, 2.75) is 24.9 Å². The van der Waals surface area contributed by atoms with Gasteiger partial charge in [-0.1, -0.05) is 6.07 Å². The number of hydrogen-bond acceptors (Lipinski definition) is 3. The smallest absolute Gasteiger partial charge is 0.313 e. The molecule has 98 valence electrons. The summed E-state index contributed by atoms with van der Waals surface area (Å²) in [7, 11) is 1.37. The van der Waals surface area contributed by atoms with E-state index < -0.39 is 17.7 Å². The number of ether oxygens (including phenoxy) is 2. The van der Waals surface area contributed by atoms with Crippen molar-refractivity contribution >= 4 is 5.97 Å². The number of benzene rings is 1. The Bertz CT molecular complexity index is 441. The summed E-state index contributed by atoms with van der Waals surface area (Å²) in [6.45, 7) is 0.563. The number of halogens is 1. The van der Waals surface area contributed by atoms with Gasteiger partial charge in [-0.25, -0.2) is 4.39 Å². The van der Waals surface area contributed by atoms with E-state index in [2.05, 4.69) is 0 Å². The van der Waals surface area contributed by atoms with E-state index in [1.807, 2.05) is 0 Å². The Hall–Kier alpha value is -1.62. The molecule has 1 aromatic carbocycles. The Morgan fingerprint density at radius 2 is 2.39 bits per heavy atom. The molecule has 0 spiro atoms. The van der Waals surface area contributed by atoms with Gasteiger partial charge in [0.1, 0.15) is 5.92 Å². The third-order valence-corrected chi connectivity index (χ3v) is 3.14. The first-order chi connectivity index (χ1) is 8.63. The number of aliphatic carboxylic acids is 1. The molecule has 1 fully saturated rings. The SMILES string of the molecule is COc1ccc(C(C(=O)O)C2CCCO2)cc1F. The molecule has 5 heteroatoms. The molecule has 1 aliphatic rings. The number of rotatable bonds is 4. The molecule has 0 aliphatic carbocycles. The van der Waals surface area contributed by atoms with Crippen molar-refractivity contribution in [1.29, 1.82) is 0 Å². The molecule has 2 rings (SSSR count). The first-order valence-electron chi connectivity index (χ1n) is 5.81. The minimum Gasteiger partial charge on any atom is -0.494 e. The highest BCUT2D eigenvalue weighted by Crippen LogP contribution is 2.31. The lowest BCUT2D eigenvalue weighted by Gasteiger charge is -2.19. The maximum atomic E-state index is 13.6. The fourth-order valence-corrected chi connectivity index (χ4v) is 2.26. The van der Waals surface area contributed by atoms with E-state index >= 15 is 0 Å². The van der Waals surface area contributed by atoms with Gasteiger partial charge < -0.3 is 14.6 Å². The van der Waals surface area contributed by atoms with Crippen LogP contribution in [0.15, 0.2) is 18.2 Å². The van der Waals surface area contributed by atoms with Gasteiger partial charge >= 0.3 is 5.97 Å². The molecular formula is C13H15FO4. The fraction of sp³-hybridized carbons (Fsp3) is 0.462. The maximum absolute atomic E-state index is 13.6. The van der Waals surface area contributed by atoms with Gasteiger partial charge in [0.25, 0.3) is 0 Å². The van der Waals surface area contributed by atoms with E-state index in [0.717, 1.165) is 6.42 Å². The normalized spacial score (nSPS) is 20.7. The van der Waals surface area contributed by atoms with Crippen molar-refractivity contribution in [2.24, 2.45) is 0 Å². The molecule has 1 aromatic rings. The lowest BCUT2D eigenvalue weighted by Crippen LogP contribution is -2.25. The van der Waals surface area contributed by atoms with E-state index in [1.54, 1.807) is 6.07 Å². The Morgan fingerprint density at radius 1 is 1.61 bits per heavy atom. The van der Waals surface area contributed by atoms with E-state index in [4.69, 9.17) is 9.47 Å². The lowest BCUT2D eigenvalue weighted by molar-refractivity contribution is -0.141. The van der Waals surface area contributed by atoms with Gasteiger partial charge in [0.2, 0.25) is 0 Å². The van der Waals surface area contributed by atoms with Crippen molar-refractivity contribution in [3.05, 3.63) is 29.6 Å². The molecule has 2 atom stereocenters. The molecule has 4 nitrogen and oxygen atoms in total. The van der Waals surface area contributed by atoms with Crippen LogP contribution in [0.5, 0.6) is 5.75 Å². The van der Waals surface area contributed by atoms with Gasteiger partial charge in [0.15, 0.2) is 11.6 Å². The summed E-state index contributed by atoms with van der Waals surface area (Å²) in [6.07, 6.45) is 1.15. The zero-order chi connectivity index (χ0) is 13.1. The van der Waals surface area contributed by atoms with Crippen molar-refractivity contribution in [3.63, 3.8) is 0 Å². The number of carboxylic acids is 1. The summed E-state index contributed by atoms with van der Waals surface area (Å²) in [6, 6.07) is 4.22. The Balaban J connectivity index is 2.30. The summed E-state index contributed by atoms with van der Waals surface area (Å²) in [5.41, 5.74) is 0.410. The first kappa shape index (κ1) is 12.8. The largest absolute Gasteiger partial charge is 0.494 e. The molecule has 0 amide bonds. The van der Waals surface area contributed by atoms with Gasteiger partial charge in [-0.05, 0) is 30.5 Å². The molecule has 1 heterocycles. The number of hydrogen-bond donors (Lipinski definition) is 1. The van der Waals surface area contributed by atoms with E-state index in [9.17, 15) is 14.3 Å². The highest BCUT2D eigenvalue weighted by atomic mass is 19.1. The Labute approximate surface area is 104 Å². The fourth-order valence-electron chi connectivity index (χ4n) is 2.26. The van der Waals surface area contributed by atoms with Crippen LogP contribution in [-0.2, 0) is 9.53 Å². The van der Waals surface area contributed by atoms with Crippen LogP contribution >= 0.6 is 0 Å². The Kier molecular flexibility index (Phi) is 3.81. The summed E-state index contributed by atoms with van der Waals surface area (Å²) in [4.78, 5) is 11.3. The molecule has 18 heavy (non-hydrogen) atoms. The molecule has 0 radical (unpaired) electrons. The predicted molar refractivity (Wildman–Crippen MR) is 62.3 cm³/mol. The molecule has 1 aliphatic heterocycles. The molecule has 0 saturated carbocycles. The van der Waals surface area contributed by atoms with Crippen molar-refractivity contribution in [3.8, 4) is 5.75 Å². The molecule has 0 aromatic heterocycles. The third-order valence-electron chi connectivity index (χ3n) is 3.14. The van der Waals surface area contributed by atoms with Gasteiger partial charge in [0.05, 0.1) is 13.2 Å². The number of methoxy groups -OCH3 is 1. The second-order valence-electron chi connectivity index (χ2n) is 4.26. The second-order valence-corrected chi connectivity index (χ2v) is 4.26. The zero-order valence-corrected chi connectivity index (χ0v) is 10.1. The average Bonchev–Trinajstić information content (AvgIpc) is 2.82. The summed E-state index contributed by atoms with van der Waals surface area (Å²) >= 11 is 0. The van der Waals surface area contributed by atoms with Crippen LogP contribution in [0.2, 0.25) is 0 Å². The quantitative estimate of drug-likeness (QED) is 0.894. The maximum Gasteiger partial charge on any atom is 0.313 e. The topological polar surface area (TPSA) is 55.8 Å².